The van der Waals surface area contributed by atoms with Crippen LogP contribution < -0.4 is 10.1 Å². The number of unbranched alkanes of at least 4 members (excludes halogenated alkanes) is 1. The van der Waals surface area contributed by atoms with E-state index in [2.05, 4.69) is 10.4 Å². The van der Waals surface area contributed by atoms with Crippen LogP contribution in [0.4, 0.5) is 0 Å². The highest BCUT2D eigenvalue weighted by molar-refractivity contribution is 5.95. The molecule has 0 spiro atoms. The van der Waals surface area contributed by atoms with Crippen molar-refractivity contribution in [3.63, 3.8) is 0 Å². The Balaban J connectivity index is 2.72. The van der Waals surface area contributed by atoms with Gasteiger partial charge in [0.15, 0.2) is 5.69 Å². The Hall–Kier alpha value is -2.05. The Kier molecular flexibility index (Phi) is 5.35. The summed E-state index contributed by atoms with van der Waals surface area (Å²) in [6.45, 7) is 1.96. The van der Waals surface area contributed by atoms with E-state index in [0.717, 1.165) is 12.8 Å². The lowest BCUT2D eigenvalue weighted by Gasteiger charge is -2.12. The van der Waals surface area contributed by atoms with Gasteiger partial charge in [-0.05, 0) is 6.42 Å². The molecule has 2 N–H and O–H groups in total. The first-order chi connectivity index (χ1) is 8.99. The van der Waals surface area contributed by atoms with Crippen LogP contribution in [0.25, 0.3) is 0 Å². The van der Waals surface area contributed by atoms with Crippen molar-refractivity contribution >= 4 is 11.9 Å². The first-order valence-corrected chi connectivity index (χ1v) is 6.11. The van der Waals surface area contributed by atoms with Crippen molar-refractivity contribution in [3.05, 3.63) is 11.8 Å². The van der Waals surface area contributed by atoms with Gasteiger partial charge in [-0.2, -0.15) is 5.10 Å². The zero-order chi connectivity index (χ0) is 14.4. The molecule has 106 valence electrons. The molecule has 19 heavy (non-hydrogen) atoms. The quantitative estimate of drug-likeness (QED) is 0.763. The van der Waals surface area contributed by atoms with Crippen LogP contribution in [-0.2, 0) is 11.8 Å². The smallest absolute Gasteiger partial charge is 0.326 e. The van der Waals surface area contributed by atoms with E-state index in [9.17, 15) is 9.59 Å². The van der Waals surface area contributed by atoms with Gasteiger partial charge in [-0.1, -0.05) is 19.8 Å². The molecule has 1 aromatic heterocycles. The van der Waals surface area contributed by atoms with Crippen LogP contribution in [0.3, 0.4) is 0 Å². The van der Waals surface area contributed by atoms with Gasteiger partial charge in [0.1, 0.15) is 6.04 Å². The van der Waals surface area contributed by atoms with Crippen LogP contribution in [-0.4, -0.2) is 39.9 Å². The number of carboxylic acid groups (broad SMARTS) is 1. The number of aromatic nitrogens is 2. The van der Waals surface area contributed by atoms with Gasteiger partial charge in [0.05, 0.1) is 7.11 Å². The van der Waals surface area contributed by atoms with Gasteiger partial charge in [0, 0.05) is 13.1 Å². The van der Waals surface area contributed by atoms with Gasteiger partial charge in [0.25, 0.3) is 5.91 Å². The van der Waals surface area contributed by atoms with Gasteiger partial charge < -0.3 is 15.2 Å². The molecule has 1 aromatic rings. The van der Waals surface area contributed by atoms with E-state index < -0.39 is 17.9 Å². The highest BCUT2D eigenvalue weighted by atomic mass is 16.5. The van der Waals surface area contributed by atoms with Crippen molar-refractivity contribution in [1.82, 2.24) is 15.1 Å². The molecule has 0 saturated carbocycles. The fourth-order valence-corrected chi connectivity index (χ4v) is 1.65. The van der Waals surface area contributed by atoms with Crippen LogP contribution in [0.15, 0.2) is 6.07 Å². The van der Waals surface area contributed by atoms with Crippen molar-refractivity contribution in [1.29, 1.82) is 0 Å². The second-order valence-corrected chi connectivity index (χ2v) is 4.20. The maximum atomic E-state index is 11.9. The van der Waals surface area contributed by atoms with E-state index >= 15 is 0 Å². The molecule has 0 aliphatic rings. The second kappa shape index (κ2) is 6.77. The molecule has 1 atom stereocenters. The third kappa shape index (κ3) is 3.97. The summed E-state index contributed by atoms with van der Waals surface area (Å²) in [5.74, 6) is -1.11. The molecule has 1 heterocycles. The third-order valence-electron chi connectivity index (χ3n) is 2.73. The van der Waals surface area contributed by atoms with Crippen molar-refractivity contribution < 1.29 is 19.4 Å². The number of nitrogens with zero attached hydrogens (tertiary/aromatic N) is 2. The van der Waals surface area contributed by atoms with Crippen LogP contribution in [0, 0.1) is 0 Å². The van der Waals surface area contributed by atoms with E-state index in [0.29, 0.717) is 12.3 Å². The standard InChI is InChI=1S/C12H19N3O4/c1-4-5-6-8(12(17)18)13-11(16)9-7-10(19-3)15(2)14-9/h7-8H,4-6H2,1-3H3,(H,13,16)(H,17,18)/t8-/m0/s1. The van der Waals surface area contributed by atoms with Crippen LogP contribution in [0.5, 0.6) is 5.88 Å². The largest absolute Gasteiger partial charge is 0.481 e. The molecule has 7 heteroatoms. The molecule has 1 rings (SSSR count). The van der Waals surface area contributed by atoms with Crippen LogP contribution >= 0.6 is 0 Å². The minimum atomic E-state index is -1.04. The number of rotatable bonds is 7. The van der Waals surface area contributed by atoms with E-state index in [-0.39, 0.29) is 5.69 Å². The number of hydrogen-bond acceptors (Lipinski definition) is 4. The lowest BCUT2D eigenvalue weighted by molar-refractivity contribution is -0.139. The number of carbonyl (C=O) groups excluding carboxylic acids is 1. The minimum Gasteiger partial charge on any atom is -0.481 e. The summed E-state index contributed by atoms with van der Waals surface area (Å²) in [6.07, 6.45) is 2.02. The second-order valence-electron chi connectivity index (χ2n) is 4.20. The first-order valence-electron chi connectivity index (χ1n) is 6.11. The molecule has 0 aromatic carbocycles. The maximum absolute atomic E-state index is 11.9. The fraction of sp³-hybridized carbons (Fsp3) is 0.583. The molecular formula is C12H19N3O4. The SMILES string of the molecule is CCCC[C@H](NC(=O)c1cc(OC)n(C)n1)C(=O)O. The molecule has 0 radical (unpaired) electrons. The number of ether oxygens (including phenoxy) is 1. The summed E-state index contributed by atoms with van der Waals surface area (Å²) in [5.41, 5.74) is 0.141. The van der Waals surface area contributed by atoms with Crippen LogP contribution in [0.2, 0.25) is 0 Å². The Labute approximate surface area is 111 Å². The topological polar surface area (TPSA) is 93.5 Å². The first kappa shape index (κ1) is 15.0. The van der Waals surface area contributed by atoms with Gasteiger partial charge in [0.2, 0.25) is 5.88 Å². The van der Waals surface area contributed by atoms with Gasteiger partial charge in [-0.25, -0.2) is 9.48 Å². The lowest BCUT2D eigenvalue weighted by Crippen LogP contribution is -2.40. The fourth-order valence-electron chi connectivity index (χ4n) is 1.65. The molecule has 7 nitrogen and oxygen atoms in total. The maximum Gasteiger partial charge on any atom is 0.326 e. The Morgan fingerprint density at radius 2 is 2.26 bits per heavy atom. The Morgan fingerprint density at radius 1 is 1.58 bits per heavy atom. The number of aliphatic carboxylic acids is 1. The number of aryl methyl sites for hydroxylation is 1. The highest BCUT2D eigenvalue weighted by Gasteiger charge is 2.22. The average molecular weight is 269 g/mol. The van der Waals surface area contributed by atoms with Crippen molar-refractivity contribution in [2.24, 2.45) is 7.05 Å². The number of amides is 1. The van der Waals surface area contributed by atoms with Crippen molar-refractivity contribution in [2.45, 2.75) is 32.2 Å². The van der Waals surface area contributed by atoms with Crippen molar-refractivity contribution in [2.75, 3.05) is 7.11 Å². The molecule has 0 bridgehead atoms. The average Bonchev–Trinajstić information content (AvgIpc) is 2.75. The summed E-state index contributed by atoms with van der Waals surface area (Å²) in [5, 5.41) is 15.5. The normalized spacial score (nSPS) is 11.9. The van der Waals surface area contributed by atoms with Crippen molar-refractivity contribution in [3.8, 4) is 5.88 Å². The molecule has 0 aliphatic heterocycles. The van der Waals surface area contributed by atoms with E-state index in [1.165, 1.54) is 17.9 Å². The van der Waals surface area contributed by atoms with Gasteiger partial charge in [-0.15, -0.1) is 0 Å². The predicted molar refractivity (Wildman–Crippen MR) is 68.2 cm³/mol. The summed E-state index contributed by atoms with van der Waals surface area (Å²) >= 11 is 0. The summed E-state index contributed by atoms with van der Waals surface area (Å²) in [6, 6.07) is 0.578. The molecule has 1 amide bonds. The number of hydrogen-bond donors (Lipinski definition) is 2. The number of methoxy groups -OCH3 is 1. The Bertz CT molecular complexity index is 456. The predicted octanol–water partition coefficient (Wildman–Crippen LogP) is 0.802. The molecule has 0 aliphatic carbocycles. The third-order valence-corrected chi connectivity index (χ3v) is 2.73. The zero-order valence-electron chi connectivity index (χ0n) is 11.3. The summed E-state index contributed by atoms with van der Waals surface area (Å²) in [7, 11) is 3.11. The summed E-state index contributed by atoms with van der Waals surface area (Å²) in [4.78, 5) is 22.9. The minimum absolute atomic E-state index is 0.141. The Morgan fingerprint density at radius 3 is 2.74 bits per heavy atom. The van der Waals surface area contributed by atoms with Gasteiger partial charge in [-0.3, -0.25) is 4.79 Å². The lowest BCUT2D eigenvalue weighted by atomic mass is 10.1. The number of carbonyl (C=O) groups is 2. The monoisotopic (exact) mass is 269 g/mol. The number of carboxylic acids is 1. The van der Waals surface area contributed by atoms with E-state index in [4.69, 9.17) is 9.84 Å². The molecular weight excluding hydrogens is 250 g/mol. The highest BCUT2D eigenvalue weighted by Crippen LogP contribution is 2.11. The van der Waals surface area contributed by atoms with Crippen LogP contribution in [0.1, 0.15) is 36.7 Å². The summed E-state index contributed by atoms with van der Waals surface area (Å²) < 4.78 is 6.41. The zero-order valence-corrected chi connectivity index (χ0v) is 11.3. The molecule has 0 fully saturated rings. The molecule has 0 saturated heterocycles. The van der Waals surface area contributed by atoms with E-state index in [1.807, 2.05) is 6.92 Å². The molecule has 0 unspecified atom stereocenters. The van der Waals surface area contributed by atoms with Gasteiger partial charge >= 0.3 is 5.97 Å². The number of nitrogens with one attached hydrogen (secondary N) is 1. The van der Waals surface area contributed by atoms with E-state index in [1.54, 1.807) is 7.05 Å².